The number of benzene rings is 2. The van der Waals surface area contributed by atoms with Gasteiger partial charge in [-0.25, -0.2) is 4.79 Å². The summed E-state index contributed by atoms with van der Waals surface area (Å²) in [6.07, 6.45) is 0. The van der Waals surface area contributed by atoms with Crippen molar-refractivity contribution in [2.24, 2.45) is 5.73 Å². The lowest BCUT2D eigenvalue weighted by molar-refractivity contribution is 0.0674. The van der Waals surface area contributed by atoms with Crippen LogP contribution in [0.25, 0.3) is 0 Å². The third-order valence-electron chi connectivity index (χ3n) is 2.67. The largest absolute Gasteiger partial charge is 0.351 e. The van der Waals surface area contributed by atoms with Crippen LogP contribution in [-0.2, 0) is 0 Å². The fraction of sp³-hybridized carbons (Fsp3) is 0. The van der Waals surface area contributed by atoms with E-state index in [1.54, 1.807) is 36.4 Å². The summed E-state index contributed by atoms with van der Waals surface area (Å²) in [5.41, 5.74) is 5.59. The Morgan fingerprint density at radius 3 is 1.35 bits per heavy atom. The van der Waals surface area contributed by atoms with Crippen LogP contribution in [0.5, 0.6) is 0 Å². The molecule has 0 unspecified atom stereocenters. The van der Waals surface area contributed by atoms with Crippen molar-refractivity contribution in [3.63, 3.8) is 0 Å². The molecule has 5 heteroatoms. The van der Waals surface area contributed by atoms with Crippen LogP contribution in [-0.4, -0.2) is 22.7 Å². The van der Waals surface area contributed by atoms with Gasteiger partial charge in [-0.1, -0.05) is 36.4 Å². The first-order valence-electron chi connectivity index (χ1n) is 5.89. The van der Waals surface area contributed by atoms with Crippen molar-refractivity contribution in [1.82, 2.24) is 4.90 Å². The molecule has 20 heavy (non-hydrogen) atoms. The van der Waals surface area contributed by atoms with Crippen LogP contribution in [0.1, 0.15) is 20.7 Å². The van der Waals surface area contributed by atoms with E-state index in [0.29, 0.717) is 4.90 Å². The Kier molecular flexibility index (Phi) is 3.91. The van der Waals surface area contributed by atoms with Crippen molar-refractivity contribution < 1.29 is 14.4 Å². The molecule has 0 heterocycles. The minimum absolute atomic E-state index is 0.218. The first-order chi connectivity index (χ1) is 9.61. The van der Waals surface area contributed by atoms with Gasteiger partial charge in [0.2, 0.25) is 0 Å². The van der Waals surface area contributed by atoms with E-state index in [4.69, 9.17) is 5.73 Å². The van der Waals surface area contributed by atoms with Crippen molar-refractivity contribution in [3.8, 4) is 0 Å². The van der Waals surface area contributed by atoms with E-state index in [1.807, 2.05) is 0 Å². The number of nitrogens with zero attached hydrogens (tertiary/aromatic N) is 1. The Morgan fingerprint density at radius 2 is 1.05 bits per heavy atom. The lowest BCUT2D eigenvalue weighted by atomic mass is 10.1. The minimum atomic E-state index is -1.10. The molecule has 5 nitrogen and oxygen atoms in total. The Hall–Kier alpha value is -2.95. The Morgan fingerprint density at radius 1 is 0.700 bits per heavy atom. The van der Waals surface area contributed by atoms with Crippen LogP contribution >= 0.6 is 0 Å². The van der Waals surface area contributed by atoms with Gasteiger partial charge in [0, 0.05) is 11.1 Å². The average Bonchev–Trinajstić information content (AvgIpc) is 2.48. The zero-order valence-electron chi connectivity index (χ0n) is 10.5. The van der Waals surface area contributed by atoms with E-state index in [0.717, 1.165) is 0 Å². The highest BCUT2D eigenvalue weighted by atomic mass is 16.2. The van der Waals surface area contributed by atoms with Gasteiger partial charge in [-0.15, -0.1) is 0 Å². The van der Waals surface area contributed by atoms with Crippen molar-refractivity contribution in [3.05, 3.63) is 71.8 Å². The zero-order valence-corrected chi connectivity index (χ0v) is 10.5. The number of amides is 4. The van der Waals surface area contributed by atoms with Gasteiger partial charge >= 0.3 is 6.03 Å². The number of carbonyl (C=O) groups is 3. The van der Waals surface area contributed by atoms with E-state index < -0.39 is 17.8 Å². The Labute approximate surface area is 115 Å². The molecule has 0 spiro atoms. The molecule has 0 aliphatic heterocycles. The maximum Gasteiger partial charge on any atom is 0.328 e. The number of nitrogens with two attached hydrogens (primary N) is 1. The zero-order chi connectivity index (χ0) is 14.5. The highest BCUT2D eigenvalue weighted by molar-refractivity contribution is 6.19. The highest BCUT2D eigenvalue weighted by Crippen LogP contribution is 2.10. The number of urea groups is 1. The summed E-state index contributed by atoms with van der Waals surface area (Å²) in [6, 6.07) is 14.9. The second kappa shape index (κ2) is 5.79. The van der Waals surface area contributed by atoms with Crippen LogP contribution in [0.3, 0.4) is 0 Å². The van der Waals surface area contributed by atoms with Crippen molar-refractivity contribution in [2.75, 3.05) is 0 Å². The van der Waals surface area contributed by atoms with Gasteiger partial charge in [-0.3, -0.25) is 9.59 Å². The van der Waals surface area contributed by atoms with Gasteiger partial charge in [0.15, 0.2) is 0 Å². The van der Waals surface area contributed by atoms with Crippen LogP contribution in [0.4, 0.5) is 4.79 Å². The maximum absolute atomic E-state index is 12.2. The molecule has 2 aromatic rings. The smallest absolute Gasteiger partial charge is 0.328 e. The Balaban J connectivity index is 2.36. The lowest BCUT2D eigenvalue weighted by Gasteiger charge is -2.16. The quantitative estimate of drug-likeness (QED) is 0.846. The standard InChI is InChI=1S/C15H12N2O3/c16-15(20)17(13(18)11-7-3-1-4-8-11)14(19)12-9-5-2-6-10-12/h1-10H,(H2,16,20). The van der Waals surface area contributed by atoms with Crippen LogP contribution < -0.4 is 5.73 Å². The first-order valence-corrected chi connectivity index (χ1v) is 5.89. The van der Waals surface area contributed by atoms with Gasteiger partial charge in [0.1, 0.15) is 0 Å². The second-order valence-corrected chi connectivity index (χ2v) is 4.02. The summed E-state index contributed by atoms with van der Waals surface area (Å²) in [5, 5.41) is 0. The molecule has 0 aliphatic carbocycles. The summed E-state index contributed by atoms with van der Waals surface area (Å²) in [6.45, 7) is 0. The minimum Gasteiger partial charge on any atom is -0.351 e. The predicted molar refractivity (Wildman–Crippen MR) is 73.0 cm³/mol. The molecule has 0 saturated heterocycles. The number of imide groups is 3. The number of carbonyl (C=O) groups excluding carboxylic acids is 3. The van der Waals surface area contributed by atoms with E-state index in [1.165, 1.54) is 24.3 Å². The highest BCUT2D eigenvalue weighted by Gasteiger charge is 2.28. The Bertz CT molecular complexity index is 587. The van der Waals surface area contributed by atoms with Crippen molar-refractivity contribution in [1.29, 1.82) is 0 Å². The SMILES string of the molecule is NC(=O)N(C(=O)c1ccccc1)C(=O)c1ccccc1. The second-order valence-electron chi connectivity index (χ2n) is 4.02. The molecular formula is C15H12N2O3. The van der Waals surface area contributed by atoms with Gasteiger partial charge in [-0.2, -0.15) is 4.90 Å². The molecule has 0 radical (unpaired) electrons. The normalized spacial score (nSPS) is 9.80. The molecular weight excluding hydrogens is 256 g/mol. The third kappa shape index (κ3) is 2.72. The number of hydrogen-bond donors (Lipinski definition) is 1. The fourth-order valence-corrected chi connectivity index (χ4v) is 1.71. The van der Waals surface area contributed by atoms with E-state index in [9.17, 15) is 14.4 Å². The van der Waals surface area contributed by atoms with Crippen LogP contribution in [0, 0.1) is 0 Å². The molecule has 2 N–H and O–H groups in total. The summed E-state index contributed by atoms with van der Waals surface area (Å²) in [5.74, 6) is -1.49. The summed E-state index contributed by atoms with van der Waals surface area (Å²) >= 11 is 0. The van der Waals surface area contributed by atoms with Crippen molar-refractivity contribution in [2.45, 2.75) is 0 Å². The lowest BCUT2D eigenvalue weighted by Crippen LogP contribution is -2.45. The topological polar surface area (TPSA) is 80.5 Å². The van der Waals surface area contributed by atoms with Crippen LogP contribution in [0.15, 0.2) is 60.7 Å². The maximum atomic E-state index is 12.2. The van der Waals surface area contributed by atoms with Gasteiger partial charge < -0.3 is 5.73 Å². The summed E-state index contributed by atoms with van der Waals surface area (Å²) in [4.78, 5) is 36.3. The first kappa shape index (κ1) is 13.5. The molecule has 2 rings (SSSR count). The van der Waals surface area contributed by atoms with Crippen molar-refractivity contribution >= 4 is 17.8 Å². The number of primary amides is 1. The van der Waals surface area contributed by atoms with Gasteiger partial charge in [-0.05, 0) is 24.3 Å². The molecule has 2 aromatic carbocycles. The molecule has 0 bridgehead atoms. The van der Waals surface area contributed by atoms with Crippen LogP contribution in [0.2, 0.25) is 0 Å². The summed E-state index contributed by atoms with van der Waals surface area (Å²) < 4.78 is 0. The summed E-state index contributed by atoms with van der Waals surface area (Å²) in [7, 11) is 0. The molecule has 4 amide bonds. The predicted octanol–water partition coefficient (Wildman–Crippen LogP) is 2.05. The molecule has 0 saturated carbocycles. The average molecular weight is 268 g/mol. The van der Waals surface area contributed by atoms with Gasteiger partial charge in [0.25, 0.3) is 11.8 Å². The van der Waals surface area contributed by atoms with Gasteiger partial charge in [0.05, 0.1) is 0 Å². The number of hydrogen-bond acceptors (Lipinski definition) is 3. The monoisotopic (exact) mass is 268 g/mol. The van der Waals surface area contributed by atoms with E-state index in [2.05, 4.69) is 0 Å². The van der Waals surface area contributed by atoms with E-state index in [-0.39, 0.29) is 11.1 Å². The molecule has 0 aromatic heterocycles. The van der Waals surface area contributed by atoms with E-state index >= 15 is 0 Å². The fourth-order valence-electron chi connectivity index (χ4n) is 1.71. The third-order valence-corrected chi connectivity index (χ3v) is 2.67. The number of rotatable bonds is 2. The molecule has 0 aliphatic rings. The molecule has 0 atom stereocenters. The molecule has 0 fully saturated rings. The molecule has 100 valence electrons.